The molecule has 2 atom stereocenters. The monoisotopic (exact) mass is 1350 g/mol. The number of carbonyl (C=O) groups excluding carboxylic acids is 2. The highest BCUT2D eigenvalue weighted by molar-refractivity contribution is 7.45. The fourth-order valence-corrected chi connectivity index (χ4v) is 10.6. The summed E-state index contributed by atoms with van der Waals surface area (Å²) in [6, 6.07) is 0. The Morgan fingerprint density at radius 3 is 0.833 bits per heavy atom. The summed E-state index contributed by atoms with van der Waals surface area (Å²) >= 11 is 0. The maximum atomic E-state index is 12.9. The van der Waals surface area contributed by atoms with Gasteiger partial charge in [-0.15, -0.1) is 0 Å². The average molecular weight is 1350 g/mol. The van der Waals surface area contributed by atoms with E-state index in [0.717, 1.165) is 148 Å². The van der Waals surface area contributed by atoms with Crippen molar-refractivity contribution in [2.24, 2.45) is 0 Å². The molecule has 0 saturated carbocycles. The van der Waals surface area contributed by atoms with Gasteiger partial charge in [-0.2, -0.15) is 0 Å². The van der Waals surface area contributed by atoms with Crippen molar-refractivity contribution in [3.8, 4) is 0 Å². The lowest BCUT2D eigenvalue weighted by Gasteiger charge is -2.28. The van der Waals surface area contributed by atoms with Crippen LogP contribution in [0.1, 0.15) is 284 Å². The van der Waals surface area contributed by atoms with E-state index in [4.69, 9.17) is 18.5 Å². The summed E-state index contributed by atoms with van der Waals surface area (Å²) in [6.07, 6.45) is 115. The molecule has 96 heavy (non-hydrogen) atoms. The molecule has 0 heterocycles. The number of esters is 2. The molecule has 0 amide bonds. The topological polar surface area (TPSA) is 111 Å². The first kappa shape index (κ1) is 90.8. The third-order valence-electron chi connectivity index (χ3n) is 15.6. The summed E-state index contributed by atoms with van der Waals surface area (Å²) in [6.45, 7) is 3.98. The summed E-state index contributed by atoms with van der Waals surface area (Å²) in [5, 5.41) is 0. The highest BCUT2D eigenvalue weighted by Gasteiger charge is 2.22. The first-order chi connectivity index (χ1) is 47.0. The van der Waals surface area contributed by atoms with Crippen LogP contribution in [0, 0.1) is 0 Å². The lowest BCUT2D eigenvalue weighted by molar-refractivity contribution is -0.870. The second-order valence-corrected chi connectivity index (χ2v) is 27.3. The predicted molar refractivity (Wildman–Crippen MR) is 415 cm³/mol. The largest absolute Gasteiger partial charge is 0.756 e. The number of likely N-dealkylation sites (N-methyl/N-ethyl adjacent to an activating group) is 1. The van der Waals surface area contributed by atoms with Gasteiger partial charge in [-0.05, 0) is 141 Å². The molecule has 0 aromatic heterocycles. The molecule has 9 nitrogen and oxygen atoms in total. The smallest absolute Gasteiger partial charge is 0.306 e. The van der Waals surface area contributed by atoms with Crippen molar-refractivity contribution in [2.75, 3.05) is 47.5 Å². The summed E-state index contributed by atoms with van der Waals surface area (Å²) in [7, 11) is 1.13. The SMILES string of the molecule is CC/C=C\C/C=C\C/C=C\C/C=C\C/C=C\C/C=C\C/C=C\C/C=C\C/C=C\C/C=C\C/C=C\C/C=C\CCCCCCC(=O)OC(COC(=O)CCCCCCCCCCCCCCCCCCCC/C=C\C/C=C\C/C=C\C/C=C\CC)COP(=O)([O-])OCC[N+](C)(C)C. The summed E-state index contributed by atoms with van der Waals surface area (Å²) in [5.74, 6) is -0.869. The molecule has 0 bridgehead atoms. The standard InChI is InChI=1S/C86H140NO8P/c1-6-8-10-12-14-16-18-20-22-24-26-28-30-32-34-36-38-39-40-41-42-43-44-45-46-47-49-51-53-55-57-59-61-63-65-67-69-71-73-75-77-79-86(89)95-84(83-94-96(90,91)93-81-80-87(3,4)5)82-92-85(88)78-76-74-72-70-68-66-64-62-60-58-56-54-52-50-48-37-35-33-31-29-27-25-23-21-19-17-15-13-11-9-7-2/h8-11,14-17,20-23,26-29,32,34,38-39,41-42,44-45,47,49,53,55,59,61,65,67,84H,6-7,12-13,18-19,24-25,30-31,33,35-37,40,43,46,48,50-52,54,56-58,60,62-64,66,68-83H2,1-5H3/b10-8-,11-9-,16-14-,17-15-,22-20-,23-21-,28-26-,29-27-,34-32-,39-38-,42-41-,45-44-,49-47-,55-53-,61-59-,67-65-. The van der Waals surface area contributed by atoms with Crippen LogP contribution < -0.4 is 4.89 Å². The number of phosphoric ester groups is 1. The highest BCUT2D eigenvalue weighted by Crippen LogP contribution is 2.38. The molecule has 0 rings (SSSR count). The van der Waals surface area contributed by atoms with Crippen molar-refractivity contribution >= 4 is 19.8 Å². The van der Waals surface area contributed by atoms with Gasteiger partial charge in [0.15, 0.2) is 6.10 Å². The number of hydrogen-bond donors (Lipinski definition) is 0. The highest BCUT2D eigenvalue weighted by atomic mass is 31.2. The number of phosphoric acid groups is 1. The molecular formula is C86H140NO8P. The van der Waals surface area contributed by atoms with E-state index in [0.29, 0.717) is 17.4 Å². The van der Waals surface area contributed by atoms with E-state index in [1.54, 1.807) is 0 Å². The van der Waals surface area contributed by atoms with Gasteiger partial charge in [0.1, 0.15) is 19.8 Å². The maximum absolute atomic E-state index is 12.9. The Kier molecular flexibility index (Phi) is 70.1. The summed E-state index contributed by atoms with van der Waals surface area (Å²) < 4.78 is 34.3. The van der Waals surface area contributed by atoms with Gasteiger partial charge in [0.05, 0.1) is 27.7 Å². The number of ether oxygens (including phenoxy) is 2. The van der Waals surface area contributed by atoms with E-state index in [1.165, 1.54) is 103 Å². The number of hydrogen-bond acceptors (Lipinski definition) is 8. The van der Waals surface area contributed by atoms with Gasteiger partial charge in [-0.1, -0.05) is 324 Å². The summed E-state index contributed by atoms with van der Waals surface area (Å²) in [4.78, 5) is 38.1. The van der Waals surface area contributed by atoms with Crippen LogP contribution in [-0.4, -0.2) is 70.0 Å². The maximum Gasteiger partial charge on any atom is 0.306 e. The van der Waals surface area contributed by atoms with Crippen molar-refractivity contribution in [2.45, 2.75) is 290 Å². The first-order valence-corrected chi connectivity index (χ1v) is 39.6. The zero-order valence-corrected chi connectivity index (χ0v) is 62.6. The van der Waals surface area contributed by atoms with E-state index < -0.39 is 32.5 Å². The van der Waals surface area contributed by atoms with Crippen molar-refractivity contribution in [3.05, 3.63) is 194 Å². The Labute approximate surface area is 590 Å². The molecule has 542 valence electrons. The minimum absolute atomic E-state index is 0.0450. The average Bonchev–Trinajstić information content (AvgIpc) is 2.54. The fourth-order valence-electron chi connectivity index (χ4n) is 9.87. The molecule has 2 unspecified atom stereocenters. The van der Waals surface area contributed by atoms with Crippen LogP contribution in [-0.2, 0) is 32.7 Å². The van der Waals surface area contributed by atoms with Gasteiger partial charge in [0, 0.05) is 12.8 Å². The Hall–Kier alpha value is -5.15. The lowest BCUT2D eigenvalue weighted by atomic mass is 10.0. The zero-order chi connectivity index (χ0) is 69.7. The molecule has 0 aliphatic carbocycles. The Morgan fingerprint density at radius 1 is 0.323 bits per heavy atom. The van der Waals surface area contributed by atoms with Crippen LogP contribution in [0.2, 0.25) is 0 Å². The van der Waals surface area contributed by atoms with Crippen LogP contribution in [0.25, 0.3) is 0 Å². The minimum Gasteiger partial charge on any atom is -0.756 e. The molecule has 0 fully saturated rings. The Bertz CT molecular complexity index is 2330. The number of carbonyl (C=O) groups is 2. The second-order valence-electron chi connectivity index (χ2n) is 25.9. The molecular weight excluding hydrogens is 1210 g/mol. The fraction of sp³-hybridized carbons (Fsp3) is 0.605. The van der Waals surface area contributed by atoms with E-state index >= 15 is 0 Å². The second kappa shape index (κ2) is 74.1. The Morgan fingerprint density at radius 2 is 0.562 bits per heavy atom. The molecule has 0 saturated heterocycles. The normalized spacial score (nSPS) is 14.2. The minimum atomic E-state index is -4.66. The third-order valence-corrected chi connectivity index (χ3v) is 16.6. The first-order valence-electron chi connectivity index (χ1n) is 38.1. The van der Waals surface area contributed by atoms with Crippen LogP contribution >= 0.6 is 7.82 Å². The van der Waals surface area contributed by atoms with Crippen LogP contribution in [0.5, 0.6) is 0 Å². The van der Waals surface area contributed by atoms with E-state index in [2.05, 4.69) is 208 Å². The predicted octanol–water partition coefficient (Wildman–Crippen LogP) is 25.0. The molecule has 0 aromatic carbocycles. The Balaban J connectivity index is 4.13. The molecule has 0 aromatic rings. The van der Waals surface area contributed by atoms with Crippen molar-refractivity contribution in [1.82, 2.24) is 0 Å². The van der Waals surface area contributed by atoms with Crippen molar-refractivity contribution in [3.63, 3.8) is 0 Å². The van der Waals surface area contributed by atoms with Gasteiger partial charge in [-0.3, -0.25) is 14.2 Å². The third kappa shape index (κ3) is 77.9. The quantitative estimate of drug-likeness (QED) is 0.0195. The number of rotatable bonds is 68. The van der Waals surface area contributed by atoms with Gasteiger partial charge in [0.25, 0.3) is 7.82 Å². The van der Waals surface area contributed by atoms with Crippen molar-refractivity contribution in [1.29, 1.82) is 0 Å². The zero-order valence-electron chi connectivity index (χ0n) is 61.7. The molecule has 0 N–H and O–H groups in total. The molecule has 0 aliphatic rings. The number of unbranched alkanes of at least 4 members (excludes halogenated alkanes) is 22. The lowest BCUT2D eigenvalue weighted by Crippen LogP contribution is -2.37. The molecule has 10 heteroatoms. The summed E-state index contributed by atoms with van der Waals surface area (Å²) in [5.41, 5.74) is 0. The number of quaternary nitrogens is 1. The van der Waals surface area contributed by atoms with Crippen LogP contribution in [0.15, 0.2) is 194 Å². The molecule has 0 spiro atoms. The number of allylic oxidation sites excluding steroid dienone is 32. The van der Waals surface area contributed by atoms with Gasteiger partial charge >= 0.3 is 11.9 Å². The van der Waals surface area contributed by atoms with E-state index in [9.17, 15) is 19.0 Å². The van der Waals surface area contributed by atoms with E-state index in [-0.39, 0.29) is 26.1 Å². The van der Waals surface area contributed by atoms with E-state index in [1.807, 2.05) is 21.1 Å². The van der Waals surface area contributed by atoms with Gasteiger partial charge in [0.2, 0.25) is 0 Å². The number of nitrogens with zero attached hydrogens (tertiary/aromatic N) is 1. The molecule has 0 aliphatic heterocycles. The van der Waals surface area contributed by atoms with Crippen molar-refractivity contribution < 1.29 is 42.1 Å². The van der Waals surface area contributed by atoms with Crippen LogP contribution in [0.3, 0.4) is 0 Å². The molecule has 0 radical (unpaired) electrons. The van der Waals surface area contributed by atoms with Gasteiger partial charge in [-0.25, -0.2) is 0 Å². The van der Waals surface area contributed by atoms with Crippen LogP contribution in [0.4, 0.5) is 0 Å². The van der Waals surface area contributed by atoms with Gasteiger partial charge < -0.3 is 27.9 Å².